The summed E-state index contributed by atoms with van der Waals surface area (Å²) >= 11 is 13.0. The summed E-state index contributed by atoms with van der Waals surface area (Å²) in [6, 6.07) is 52.8. The minimum atomic E-state index is -2.98. The Morgan fingerprint density at radius 2 is 0.859 bits per heavy atom. The molecule has 34 heteroatoms. The van der Waals surface area contributed by atoms with Crippen molar-refractivity contribution in [3.8, 4) is 78.3 Å². The highest BCUT2D eigenvalue weighted by atomic mass is 35.5. The monoisotopic (exact) mass is 1870 g/mol. The number of hydrogen-bond donors (Lipinski definition) is 6. The number of sulfone groups is 2. The van der Waals surface area contributed by atoms with Gasteiger partial charge in [0.25, 0.3) is 5.91 Å². The van der Waals surface area contributed by atoms with Gasteiger partial charge in [-0.1, -0.05) is 144 Å². The van der Waals surface area contributed by atoms with Crippen molar-refractivity contribution >= 4 is 132 Å². The van der Waals surface area contributed by atoms with Gasteiger partial charge in [0.2, 0.25) is 0 Å². The van der Waals surface area contributed by atoms with Crippen molar-refractivity contribution in [1.29, 1.82) is 0 Å². The second-order valence-electron chi connectivity index (χ2n) is 35.4. The fourth-order valence-electron chi connectivity index (χ4n) is 19.6. The number of carboxylic acid groups (broad SMARTS) is 1. The number of carboxylic acids is 1. The van der Waals surface area contributed by atoms with Crippen molar-refractivity contribution in [3.05, 3.63) is 270 Å². The number of fused-ring (bicyclic) bond motifs is 13. The lowest BCUT2D eigenvalue weighted by molar-refractivity contribution is -0.140. The van der Waals surface area contributed by atoms with Crippen LogP contribution < -0.4 is 0 Å². The van der Waals surface area contributed by atoms with E-state index in [1.807, 2.05) is 176 Å². The molecule has 1 amide bonds. The number of aromatic amines is 4. The number of pyridine rings is 4. The maximum atomic E-state index is 12.3. The summed E-state index contributed by atoms with van der Waals surface area (Å²) in [7, 11) is -5.95. The number of aryl methyl sites for hydroxylation is 2. The first-order valence-electron chi connectivity index (χ1n) is 45.2. The molecule has 20 aromatic rings. The zero-order valence-corrected chi connectivity index (χ0v) is 77.0. The van der Waals surface area contributed by atoms with Gasteiger partial charge in [-0.15, -0.1) is 0 Å². The molecule has 680 valence electrons. The lowest BCUT2D eigenvalue weighted by atomic mass is 9.78. The second kappa shape index (κ2) is 36.2. The number of hydrogen-bond acceptors (Lipinski definition) is 20. The van der Waals surface area contributed by atoms with E-state index in [-0.39, 0.29) is 59.0 Å². The molecule has 1 saturated carbocycles. The lowest BCUT2D eigenvalue weighted by Gasteiger charge is -2.32. The van der Waals surface area contributed by atoms with Crippen molar-refractivity contribution in [2.45, 2.75) is 121 Å². The van der Waals surface area contributed by atoms with Gasteiger partial charge in [0, 0.05) is 164 Å². The zero-order valence-electron chi connectivity index (χ0n) is 73.8. The maximum absolute atomic E-state index is 12.3. The van der Waals surface area contributed by atoms with Gasteiger partial charge < -0.3 is 30.1 Å². The van der Waals surface area contributed by atoms with E-state index in [0.717, 1.165) is 212 Å². The highest BCUT2D eigenvalue weighted by molar-refractivity contribution is 7.91. The average molecular weight is 1880 g/mol. The van der Waals surface area contributed by atoms with Crippen molar-refractivity contribution < 1.29 is 36.6 Å². The average Bonchev–Trinajstić information content (AvgIpc) is 1.61. The van der Waals surface area contributed by atoms with Gasteiger partial charge >= 0.3 is 5.97 Å². The van der Waals surface area contributed by atoms with E-state index in [2.05, 4.69) is 109 Å². The first kappa shape index (κ1) is 87.3. The number of halogens is 2. The molecule has 6 N–H and O–H groups in total. The van der Waals surface area contributed by atoms with E-state index in [9.17, 15) is 31.5 Å². The molecule has 19 heterocycles. The van der Waals surface area contributed by atoms with Gasteiger partial charge in [0.05, 0.1) is 119 Å². The molecule has 4 aromatic carbocycles. The van der Waals surface area contributed by atoms with Gasteiger partial charge in [0.15, 0.2) is 28.2 Å². The van der Waals surface area contributed by atoms with E-state index < -0.39 is 31.7 Å². The summed E-state index contributed by atoms with van der Waals surface area (Å²) < 4.78 is 55.1. The highest BCUT2D eigenvalue weighted by Crippen LogP contribution is 2.45. The first-order valence-corrected chi connectivity index (χ1v) is 49.6. The Balaban J connectivity index is 0.000000108. The number of piperidine rings is 1. The van der Waals surface area contributed by atoms with E-state index >= 15 is 0 Å². The molecule has 0 unspecified atom stereocenters. The molecule has 3 saturated heterocycles. The number of aliphatic carboxylic acids is 1. The van der Waals surface area contributed by atoms with Gasteiger partial charge in [-0.25, -0.2) is 36.8 Å². The first-order chi connectivity index (χ1) is 65.6. The molecule has 16 aromatic heterocycles. The van der Waals surface area contributed by atoms with Crippen LogP contribution >= 0.6 is 23.2 Å². The summed E-state index contributed by atoms with van der Waals surface area (Å²) in [5.41, 5.74) is 26.2. The third-order valence-electron chi connectivity index (χ3n) is 26.7. The molecule has 30 nitrogen and oxygen atoms in total. The van der Waals surface area contributed by atoms with Gasteiger partial charge in [0.1, 0.15) is 42.7 Å². The SMILES string of the molecule is Cc1[nH]nc2c1c(C1CCN(C(=O)[C@@H](C)O)CC1)nc1c(-c3ccc(-c4ccccc4)nc3)cnn12.Cc1ccc2ncc(-c3cnn4c3nc(C3CCS(=O)(=O)CC3)c3c(Cl)c[nH]c34)cc2c1.O=C(O)CC1CCC(c2nc3c(-c4ccc(-c5ccccc5)nc4)cnn3c3[nH]ccc23)CC1.O=S1(=O)CCC(c2nc3c(-c4ccc(-c5ccccc5)nc4)cnn3c3[nH]cc(Cl)c23)CC1. The topological polar surface area (TPSA) is 394 Å². The van der Waals surface area contributed by atoms with Crippen LogP contribution in [0.3, 0.4) is 0 Å². The fraction of sp³-hybridized carbons (Fsp3) is 0.257. The summed E-state index contributed by atoms with van der Waals surface area (Å²) in [6.07, 6.45) is 26.8. The van der Waals surface area contributed by atoms with Crippen LogP contribution in [0.4, 0.5) is 0 Å². The van der Waals surface area contributed by atoms with Crippen LogP contribution in [0.15, 0.2) is 226 Å². The second-order valence-corrected chi connectivity index (χ2v) is 40.8. The standard InChI is InChI=1S/C27H27N7O2.C27H25N5O2.C24H20ClN5O2S.C23H20ClN5O2S/c1-16-23-24(19-10-12-33(13-11-19)27(36)17(2)35)30-25-21(15-29-34(25)26(23)32-31-16)20-8-9-22(28-14-20)18-6-4-3-5-7-18;33-24(34)14-17-6-8-19(9-7-17)25-21-12-13-28-26(21)32-27(31-25)22(16-30-32)20-10-11-23(29-15-20)18-4-2-1-3-5-18;25-19-14-27-24-21(19)22(16-8-10-33(31,32)11-9-16)29-23-18(13-28-30(23)24)17-6-7-20(26-12-17)15-4-2-1-3-5-15;1-13-2-3-19-15(8-13)9-16(10-25-19)17-11-27-29-22(17)28-21(20-18(24)12-26-23(20)29)14-4-6-32(30,31)7-5-14/h3-9,14-15,17,19,35H,10-13H2,1-2H3,(H,31,32);1-5,10-13,15-17,19,28H,6-9,14H2,(H,33,34);1-7,12-14,16,27H,8-11H2;2-3,8-12,14,26H,4-7H2,1H3/t17-;;;/m1.../s1. The Hall–Kier alpha value is -14.3. The molecule has 0 radical (unpaired) electrons. The molecule has 1 atom stereocenters. The number of H-pyrrole nitrogens is 4. The quantitative estimate of drug-likeness (QED) is 0.0589. The van der Waals surface area contributed by atoms with Crippen LogP contribution in [-0.2, 0) is 29.3 Å². The van der Waals surface area contributed by atoms with Crippen LogP contribution in [0, 0.1) is 19.8 Å². The molecule has 3 aliphatic heterocycles. The molecular weight excluding hydrogens is 1780 g/mol. The summed E-state index contributed by atoms with van der Waals surface area (Å²) in [5, 5.41) is 50.8. The van der Waals surface area contributed by atoms with Crippen LogP contribution in [0.2, 0.25) is 10.0 Å². The Bertz CT molecular complexity index is 8120. The third kappa shape index (κ3) is 17.2. The number of nitrogens with zero attached hydrogens (tertiary/aromatic N) is 18. The highest BCUT2D eigenvalue weighted by Gasteiger charge is 2.35. The van der Waals surface area contributed by atoms with Gasteiger partial charge in [-0.2, -0.15) is 43.6 Å². The number of amides is 1. The van der Waals surface area contributed by atoms with Crippen molar-refractivity contribution in [3.63, 3.8) is 0 Å². The van der Waals surface area contributed by atoms with Crippen LogP contribution in [0.1, 0.15) is 135 Å². The number of aliphatic hydroxyl groups is 1. The predicted molar refractivity (Wildman–Crippen MR) is 522 cm³/mol. The normalized spacial score (nSPS) is 16.9. The van der Waals surface area contributed by atoms with Crippen LogP contribution in [-0.4, -0.2) is 190 Å². The molecule has 0 bridgehead atoms. The zero-order chi connectivity index (χ0) is 92.5. The molecule has 24 rings (SSSR count). The van der Waals surface area contributed by atoms with Crippen molar-refractivity contribution in [2.75, 3.05) is 36.1 Å². The maximum Gasteiger partial charge on any atom is 0.303 e. The lowest BCUT2D eigenvalue weighted by Crippen LogP contribution is -2.42. The van der Waals surface area contributed by atoms with E-state index in [0.29, 0.717) is 66.0 Å². The number of likely N-dealkylation sites (tertiary alicyclic amines) is 1. The number of carbonyl (C=O) groups is 2. The molecule has 0 spiro atoms. The van der Waals surface area contributed by atoms with Gasteiger partial charge in [-0.3, -0.25) is 34.6 Å². The summed E-state index contributed by atoms with van der Waals surface area (Å²) in [6.45, 7) is 6.76. The number of aromatic nitrogens is 21. The predicted octanol–water partition coefficient (Wildman–Crippen LogP) is 19.0. The number of rotatable bonds is 14. The Morgan fingerprint density at radius 1 is 0.437 bits per heavy atom. The number of nitrogens with one attached hydrogen (secondary N) is 4. The minimum absolute atomic E-state index is 0.0238. The van der Waals surface area contributed by atoms with E-state index in [1.165, 1.54) is 12.5 Å². The summed E-state index contributed by atoms with van der Waals surface area (Å²) in [5.74, 6) is 0.577. The third-order valence-corrected chi connectivity index (χ3v) is 30.8. The minimum Gasteiger partial charge on any atom is -0.481 e. The largest absolute Gasteiger partial charge is 0.481 e. The van der Waals surface area contributed by atoms with Gasteiger partial charge in [-0.05, 0) is 133 Å². The number of carbonyl (C=O) groups excluding carboxylic acids is 1. The molecular formula is C101H92Cl2N22O8S2. The van der Waals surface area contributed by atoms with Crippen LogP contribution in [0.25, 0.3) is 156 Å². The Kier molecular flexibility index (Phi) is 23.5. The fourth-order valence-corrected chi connectivity index (χ4v) is 23.1. The summed E-state index contributed by atoms with van der Waals surface area (Å²) in [4.78, 5) is 73.8. The smallest absolute Gasteiger partial charge is 0.303 e. The molecule has 135 heavy (non-hydrogen) atoms. The number of benzene rings is 4. The van der Waals surface area contributed by atoms with Crippen molar-refractivity contribution in [1.82, 2.24) is 108 Å². The number of aliphatic hydroxyl groups excluding tert-OH is 1. The molecule has 4 fully saturated rings. The molecule has 4 aliphatic rings. The van der Waals surface area contributed by atoms with E-state index in [1.54, 1.807) is 43.2 Å². The Morgan fingerprint density at radius 3 is 1.32 bits per heavy atom. The van der Waals surface area contributed by atoms with Crippen LogP contribution in [0.5, 0.6) is 0 Å². The van der Waals surface area contributed by atoms with E-state index in [4.69, 9.17) is 48.2 Å². The Labute approximate surface area is 783 Å². The van der Waals surface area contributed by atoms with Crippen molar-refractivity contribution in [2.24, 2.45) is 5.92 Å². The molecule has 1 aliphatic carbocycles.